The molecule has 21 heavy (non-hydrogen) atoms. The topological polar surface area (TPSA) is 29.5 Å². The Bertz CT molecular complexity index is 326. The summed E-state index contributed by atoms with van der Waals surface area (Å²) in [7, 11) is 1.83. The zero-order valence-corrected chi connectivity index (χ0v) is 14.6. The molecule has 0 radical (unpaired) electrons. The number of ether oxygens (including phenoxy) is 1. The van der Waals surface area contributed by atoms with Gasteiger partial charge in [0.2, 0.25) is 5.91 Å². The summed E-state index contributed by atoms with van der Waals surface area (Å²) in [6.07, 6.45) is 6.57. The van der Waals surface area contributed by atoms with E-state index in [4.69, 9.17) is 4.74 Å². The fraction of sp³-hybridized carbons (Fsp3) is 0.833. The van der Waals surface area contributed by atoms with Crippen molar-refractivity contribution in [3.8, 4) is 11.8 Å². The van der Waals surface area contributed by atoms with Crippen molar-refractivity contribution >= 4 is 5.91 Å². The van der Waals surface area contributed by atoms with E-state index in [9.17, 15) is 4.79 Å². The lowest BCUT2D eigenvalue weighted by Crippen LogP contribution is -2.26. The Morgan fingerprint density at radius 1 is 1.05 bits per heavy atom. The predicted molar refractivity (Wildman–Crippen MR) is 89.0 cm³/mol. The van der Waals surface area contributed by atoms with Gasteiger partial charge in [0.15, 0.2) is 0 Å². The summed E-state index contributed by atoms with van der Waals surface area (Å²) in [5.74, 6) is 6.69. The largest absolute Gasteiger partial charge is 0.379 e. The van der Waals surface area contributed by atoms with Gasteiger partial charge in [-0.2, -0.15) is 0 Å². The van der Waals surface area contributed by atoms with Crippen LogP contribution in [0.5, 0.6) is 0 Å². The van der Waals surface area contributed by atoms with E-state index in [0.29, 0.717) is 25.0 Å². The van der Waals surface area contributed by atoms with Crippen molar-refractivity contribution in [2.45, 2.75) is 72.3 Å². The van der Waals surface area contributed by atoms with E-state index in [2.05, 4.69) is 39.5 Å². The molecule has 0 N–H and O–H groups in total. The third-order valence-corrected chi connectivity index (χ3v) is 3.12. The number of carbonyl (C=O) groups is 1. The number of amides is 1. The van der Waals surface area contributed by atoms with Crippen molar-refractivity contribution in [1.29, 1.82) is 0 Å². The standard InChI is InChI=1S/C18H33NO2/c1-16(2)12-11-14-19(5)18(20)13-9-7-6-8-10-15-21-17(3)4/h16-17H,6-10,13-15H2,1-5H3. The number of hydrogen-bond acceptors (Lipinski definition) is 2. The van der Waals surface area contributed by atoms with Gasteiger partial charge in [-0.15, -0.1) is 0 Å². The summed E-state index contributed by atoms with van der Waals surface area (Å²) >= 11 is 0. The van der Waals surface area contributed by atoms with Crippen LogP contribution in [0.15, 0.2) is 0 Å². The first-order valence-electron chi connectivity index (χ1n) is 8.27. The van der Waals surface area contributed by atoms with E-state index < -0.39 is 0 Å². The van der Waals surface area contributed by atoms with Gasteiger partial charge in [0.25, 0.3) is 0 Å². The van der Waals surface area contributed by atoms with Crippen LogP contribution < -0.4 is 0 Å². The predicted octanol–water partition coefficient (Wildman–Crippen LogP) is 3.87. The zero-order chi connectivity index (χ0) is 16.1. The summed E-state index contributed by atoms with van der Waals surface area (Å²) < 4.78 is 5.50. The molecule has 0 atom stereocenters. The maximum absolute atomic E-state index is 11.9. The van der Waals surface area contributed by atoms with Crippen molar-refractivity contribution in [1.82, 2.24) is 4.90 Å². The highest BCUT2D eigenvalue weighted by Gasteiger charge is 2.06. The Balaban J connectivity index is 3.51. The zero-order valence-electron chi connectivity index (χ0n) is 14.6. The van der Waals surface area contributed by atoms with Crippen molar-refractivity contribution in [3.63, 3.8) is 0 Å². The summed E-state index contributed by atoms with van der Waals surface area (Å²) in [5, 5.41) is 0. The summed E-state index contributed by atoms with van der Waals surface area (Å²) in [6.45, 7) is 9.64. The molecule has 0 spiro atoms. The lowest BCUT2D eigenvalue weighted by molar-refractivity contribution is -0.129. The molecule has 0 bridgehead atoms. The van der Waals surface area contributed by atoms with Gasteiger partial charge in [-0.3, -0.25) is 4.79 Å². The van der Waals surface area contributed by atoms with Crippen LogP contribution in [0.25, 0.3) is 0 Å². The third kappa shape index (κ3) is 13.7. The number of hydrogen-bond donors (Lipinski definition) is 0. The molecule has 0 saturated heterocycles. The van der Waals surface area contributed by atoms with Crippen molar-refractivity contribution < 1.29 is 9.53 Å². The van der Waals surface area contributed by atoms with Crippen molar-refractivity contribution in [2.75, 3.05) is 20.2 Å². The fourth-order valence-electron chi connectivity index (χ4n) is 1.88. The molecule has 0 aromatic carbocycles. The smallest absolute Gasteiger partial charge is 0.223 e. The first-order valence-corrected chi connectivity index (χ1v) is 8.27. The minimum absolute atomic E-state index is 0.205. The van der Waals surface area contributed by atoms with E-state index in [1.54, 1.807) is 4.90 Å². The molecule has 0 rings (SSSR count). The molecular weight excluding hydrogens is 262 g/mol. The molecule has 1 amide bonds. The van der Waals surface area contributed by atoms with Gasteiger partial charge >= 0.3 is 0 Å². The summed E-state index contributed by atoms with van der Waals surface area (Å²) in [6, 6.07) is 0. The van der Waals surface area contributed by atoms with Gasteiger partial charge in [0, 0.05) is 26.0 Å². The second-order valence-corrected chi connectivity index (χ2v) is 6.16. The lowest BCUT2D eigenvalue weighted by Gasteiger charge is -2.13. The Morgan fingerprint density at radius 2 is 1.67 bits per heavy atom. The first kappa shape index (κ1) is 20.0. The third-order valence-electron chi connectivity index (χ3n) is 3.12. The monoisotopic (exact) mass is 295 g/mol. The van der Waals surface area contributed by atoms with Gasteiger partial charge in [-0.05, 0) is 26.7 Å². The lowest BCUT2D eigenvalue weighted by atomic mass is 10.1. The molecule has 0 unspecified atom stereocenters. The van der Waals surface area contributed by atoms with Crippen molar-refractivity contribution in [3.05, 3.63) is 0 Å². The summed E-state index contributed by atoms with van der Waals surface area (Å²) in [4.78, 5) is 13.6. The SMILES string of the molecule is CC(C)C#CCN(C)C(=O)CCCCCCCOC(C)C. The van der Waals surface area contributed by atoms with E-state index >= 15 is 0 Å². The molecule has 122 valence electrons. The van der Waals surface area contributed by atoms with Crippen LogP contribution in [0.4, 0.5) is 0 Å². The molecule has 0 fully saturated rings. The summed E-state index contributed by atoms with van der Waals surface area (Å²) in [5.41, 5.74) is 0. The minimum Gasteiger partial charge on any atom is -0.379 e. The Kier molecular flexibility index (Phi) is 12.1. The Labute approximate surface area is 131 Å². The second-order valence-electron chi connectivity index (χ2n) is 6.16. The Morgan fingerprint density at radius 3 is 2.29 bits per heavy atom. The van der Waals surface area contributed by atoms with Crippen LogP contribution in [-0.4, -0.2) is 37.1 Å². The fourth-order valence-corrected chi connectivity index (χ4v) is 1.88. The van der Waals surface area contributed by atoms with Crippen LogP contribution in [-0.2, 0) is 9.53 Å². The van der Waals surface area contributed by atoms with Gasteiger partial charge in [-0.25, -0.2) is 0 Å². The van der Waals surface area contributed by atoms with Gasteiger partial charge in [-0.1, -0.05) is 45.0 Å². The number of unbranched alkanes of at least 4 members (excludes halogenated alkanes) is 4. The van der Waals surface area contributed by atoms with Gasteiger partial charge < -0.3 is 9.64 Å². The number of nitrogens with zero attached hydrogens (tertiary/aromatic N) is 1. The maximum Gasteiger partial charge on any atom is 0.223 e. The number of rotatable bonds is 10. The minimum atomic E-state index is 0.205. The molecule has 0 aliphatic carbocycles. The molecular formula is C18H33NO2. The molecule has 0 aliphatic heterocycles. The van der Waals surface area contributed by atoms with E-state index in [1.807, 2.05) is 7.05 Å². The van der Waals surface area contributed by atoms with Crippen LogP contribution in [0, 0.1) is 17.8 Å². The molecule has 0 aliphatic rings. The highest BCUT2D eigenvalue weighted by Crippen LogP contribution is 2.07. The molecule has 0 heterocycles. The van der Waals surface area contributed by atoms with Crippen LogP contribution in [0.2, 0.25) is 0 Å². The first-order chi connectivity index (χ1) is 9.93. The van der Waals surface area contributed by atoms with Crippen molar-refractivity contribution in [2.24, 2.45) is 5.92 Å². The maximum atomic E-state index is 11.9. The van der Waals surface area contributed by atoms with Gasteiger partial charge in [0.05, 0.1) is 12.6 Å². The number of carbonyl (C=O) groups excluding carboxylic acids is 1. The highest BCUT2D eigenvalue weighted by atomic mass is 16.5. The molecule has 0 aromatic heterocycles. The van der Waals surface area contributed by atoms with E-state index in [1.165, 1.54) is 12.8 Å². The quantitative estimate of drug-likeness (QED) is 0.452. The van der Waals surface area contributed by atoms with Crippen LogP contribution in [0.3, 0.4) is 0 Å². The molecule has 0 aromatic rings. The van der Waals surface area contributed by atoms with Crippen LogP contribution >= 0.6 is 0 Å². The molecule has 3 nitrogen and oxygen atoms in total. The van der Waals surface area contributed by atoms with Gasteiger partial charge in [0.1, 0.15) is 0 Å². The second kappa shape index (κ2) is 12.7. The normalized spacial score (nSPS) is 10.6. The average Bonchev–Trinajstić information content (AvgIpc) is 2.40. The Hall–Kier alpha value is -1.01. The van der Waals surface area contributed by atoms with E-state index in [0.717, 1.165) is 25.9 Å². The average molecular weight is 295 g/mol. The molecule has 0 saturated carbocycles. The van der Waals surface area contributed by atoms with Crippen LogP contribution in [0.1, 0.15) is 66.2 Å². The molecule has 3 heteroatoms. The highest BCUT2D eigenvalue weighted by molar-refractivity contribution is 5.76. The van der Waals surface area contributed by atoms with E-state index in [-0.39, 0.29) is 5.91 Å².